The standard InChI is InChI=1S/C15H25N3O2/c1-5-18(11-15(2,3)10-16)9-13-7-6-12(8-17-13)14(19)20-4/h6-8H,5,9-11,16H2,1-4H3. The molecular formula is C15H25N3O2. The van der Waals surface area contributed by atoms with Crippen molar-refractivity contribution in [3.8, 4) is 0 Å². The van der Waals surface area contributed by atoms with Crippen LogP contribution in [0.3, 0.4) is 0 Å². The molecule has 5 nitrogen and oxygen atoms in total. The highest BCUT2D eigenvalue weighted by Gasteiger charge is 2.19. The van der Waals surface area contributed by atoms with Gasteiger partial charge < -0.3 is 10.5 Å². The van der Waals surface area contributed by atoms with E-state index in [1.165, 1.54) is 7.11 Å². The van der Waals surface area contributed by atoms with E-state index in [1.54, 1.807) is 12.3 Å². The maximum absolute atomic E-state index is 11.3. The Balaban J connectivity index is 2.68. The normalized spacial score (nSPS) is 11.7. The zero-order valence-corrected chi connectivity index (χ0v) is 12.8. The number of aromatic nitrogens is 1. The van der Waals surface area contributed by atoms with Crippen LogP contribution in [0.4, 0.5) is 0 Å². The van der Waals surface area contributed by atoms with E-state index in [-0.39, 0.29) is 11.4 Å². The molecule has 0 saturated carbocycles. The Morgan fingerprint density at radius 2 is 2.15 bits per heavy atom. The van der Waals surface area contributed by atoms with Crippen LogP contribution in [0.1, 0.15) is 36.8 Å². The van der Waals surface area contributed by atoms with Gasteiger partial charge in [0.2, 0.25) is 0 Å². The number of rotatable bonds is 7. The predicted molar refractivity (Wildman–Crippen MR) is 79.4 cm³/mol. The molecule has 1 rings (SSSR count). The lowest BCUT2D eigenvalue weighted by Crippen LogP contribution is -2.38. The highest BCUT2D eigenvalue weighted by atomic mass is 16.5. The van der Waals surface area contributed by atoms with Crippen LogP contribution in [0, 0.1) is 5.41 Å². The van der Waals surface area contributed by atoms with Crippen molar-refractivity contribution >= 4 is 5.97 Å². The number of nitrogens with zero attached hydrogens (tertiary/aromatic N) is 2. The van der Waals surface area contributed by atoms with Crippen LogP contribution in [-0.4, -0.2) is 42.6 Å². The highest BCUT2D eigenvalue weighted by molar-refractivity contribution is 5.88. The molecule has 5 heteroatoms. The average molecular weight is 279 g/mol. The smallest absolute Gasteiger partial charge is 0.339 e. The molecule has 0 aliphatic carbocycles. The van der Waals surface area contributed by atoms with E-state index in [2.05, 4.69) is 35.4 Å². The number of methoxy groups -OCH3 is 1. The summed E-state index contributed by atoms with van der Waals surface area (Å²) in [6.45, 7) is 9.69. The van der Waals surface area contributed by atoms with Gasteiger partial charge in [0.25, 0.3) is 0 Å². The Morgan fingerprint density at radius 3 is 2.60 bits per heavy atom. The monoisotopic (exact) mass is 279 g/mol. The largest absolute Gasteiger partial charge is 0.465 e. The first-order valence-electron chi connectivity index (χ1n) is 6.87. The van der Waals surface area contributed by atoms with E-state index < -0.39 is 0 Å². The lowest BCUT2D eigenvalue weighted by atomic mass is 9.93. The van der Waals surface area contributed by atoms with Crippen LogP contribution in [0.15, 0.2) is 18.3 Å². The Morgan fingerprint density at radius 1 is 1.45 bits per heavy atom. The summed E-state index contributed by atoms with van der Waals surface area (Å²) in [6, 6.07) is 3.61. The number of nitrogens with two attached hydrogens (primary N) is 1. The van der Waals surface area contributed by atoms with Gasteiger partial charge in [0.15, 0.2) is 0 Å². The number of pyridine rings is 1. The van der Waals surface area contributed by atoms with Crippen LogP contribution in [-0.2, 0) is 11.3 Å². The summed E-state index contributed by atoms with van der Waals surface area (Å²) in [6.07, 6.45) is 1.56. The van der Waals surface area contributed by atoms with Crippen LogP contribution in [0.2, 0.25) is 0 Å². The van der Waals surface area contributed by atoms with Crippen LogP contribution in [0.5, 0.6) is 0 Å². The molecule has 0 bridgehead atoms. The van der Waals surface area contributed by atoms with E-state index in [1.807, 2.05) is 6.07 Å². The van der Waals surface area contributed by atoms with Gasteiger partial charge in [-0.25, -0.2) is 4.79 Å². The maximum Gasteiger partial charge on any atom is 0.339 e. The van der Waals surface area contributed by atoms with Crippen LogP contribution < -0.4 is 5.73 Å². The van der Waals surface area contributed by atoms with Crippen molar-refractivity contribution in [1.82, 2.24) is 9.88 Å². The summed E-state index contributed by atoms with van der Waals surface area (Å²) in [5.74, 6) is -0.360. The second-order valence-corrected chi connectivity index (χ2v) is 5.70. The molecule has 112 valence electrons. The first-order valence-corrected chi connectivity index (χ1v) is 6.87. The van der Waals surface area contributed by atoms with Gasteiger partial charge in [-0.15, -0.1) is 0 Å². The summed E-state index contributed by atoms with van der Waals surface area (Å²) in [4.78, 5) is 18.0. The molecule has 2 N–H and O–H groups in total. The highest BCUT2D eigenvalue weighted by Crippen LogP contribution is 2.16. The van der Waals surface area contributed by atoms with E-state index in [0.29, 0.717) is 12.1 Å². The zero-order valence-electron chi connectivity index (χ0n) is 12.8. The van der Waals surface area contributed by atoms with Gasteiger partial charge >= 0.3 is 5.97 Å². The third-order valence-electron chi connectivity index (χ3n) is 3.28. The fraction of sp³-hybridized carbons (Fsp3) is 0.600. The third-order valence-corrected chi connectivity index (χ3v) is 3.28. The van der Waals surface area contributed by atoms with Crippen LogP contribution in [0.25, 0.3) is 0 Å². The van der Waals surface area contributed by atoms with Crippen molar-refractivity contribution in [3.05, 3.63) is 29.6 Å². The molecule has 0 aromatic carbocycles. The maximum atomic E-state index is 11.3. The molecule has 1 aromatic rings. The van der Waals surface area contributed by atoms with Crippen molar-refractivity contribution in [2.75, 3.05) is 26.7 Å². The van der Waals surface area contributed by atoms with Gasteiger partial charge in [-0.3, -0.25) is 9.88 Å². The number of carbonyl (C=O) groups is 1. The third kappa shape index (κ3) is 4.90. The lowest BCUT2D eigenvalue weighted by Gasteiger charge is -2.30. The quantitative estimate of drug-likeness (QED) is 0.769. The minimum absolute atomic E-state index is 0.0853. The molecule has 0 aliphatic heterocycles. The van der Waals surface area contributed by atoms with E-state index >= 15 is 0 Å². The Labute approximate surface area is 121 Å². The molecule has 0 saturated heterocycles. The first-order chi connectivity index (χ1) is 9.41. The molecule has 0 atom stereocenters. The summed E-state index contributed by atoms with van der Waals surface area (Å²) in [5, 5.41) is 0. The van der Waals surface area contributed by atoms with Crippen molar-refractivity contribution in [2.45, 2.75) is 27.3 Å². The number of carbonyl (C=O) groups excluding carboxylic acids is 1. The topological polar surface area (TPSA) is 68.5 Å². The number of hydrogen-bond acceptors (Lipinski definition) is 5. The Bertz CT molecular complexity index is 429. The number of hydrogen-bond donors (Lipinski definition) is 1. The van der Waals surface area contributed by atoms with Gasteiger partial charge in [-0.05, 0) is 30.6 Å². The molecule has 0 radical (unpaired) electrons. The molecule has 20 heavy (non-hydrogen) atoms. The average Bonchev–Trinajstić information content (AvgIpc) is 2.46. The van der Waals surface area contributed by atoms with Crippen molar-refractivity contribution in [3.63, 3.8) is 0 Å². The molecule has 0 amide bonds. The van der Waals surface area contributed by atoms with Crippen LogP contribution >= 0.6 is 0 Å². The van der Waals surface area contributed by atoms with Crippen molar-refractivity contribution in [2.24, 2.45) is 11.1 Å². The van der Waals surface area contributed by atoms with Crippen molar-refractivity contribution in [1.29, 1.82) is 0 Å². The van der Waals surface area contributed by atoms with Gasteiger partial charge in [-0.2, -0.15) is 0 Å². The van der Waals surface area contributed by atoms with E-state index in [9.17, 15) is 4.79 Å². The fourth-order valence-corrected chi connectivity index (χ4v) is 1.94. The molecular weight excluding hydrogens is 254 g/mol. The second-order valence-electron chi connectivity index (χ2n) is 5.70. The predicted octanol–water partition coefficient (Wildman–Crippen LogP) is 1.68. The molecule has 0 aliphatic rings. The molecule has 0 fully saturated rings. The van der Waals surface area contributed by atoms with E-state index in [4.69, 9.17) is 5.73 Å². The van der Waals surface area contributed by atoms with Gasteiger partial charge in [0.05, 0.1) is 18.4 Å². The minimum atomic E-state index is -0.360. The van der Waals surface area contributed by atoms with E-state index in [0.717, 1.165) is 25.3 Å². The minimum Gasteiger partial charge on any atom is -0.465 e. The number of ether oxygens (including phenoxy) is 1. The van der Waals surface area contributed by atoms with Gasteiger partial charge in [0.1, 0.15) is 0 Å². The Kier molecular flexibility index (Phi) is 6.10. The fourth-order valence-electron chi connectivity index (χ4n) is 1.94. The zero-order chi connectivity index (χ0) is 15.2. The number of esters is 1. The summed E-state index contributed by atoms with van der Waals surface area (Å²) in [7, 11) is 1.37. The summed E-state index contributed by atoms with van der Waals surface area (Å²) < 4.78 is 4.66. The summed E-state index contributed by atoms with van der Waals surface area (Å²) in [5.41, 5.74) is 7.27. The molecule has 1 aromatic heterocycles. The molecule has 0 spiro atoms. The Hall–Kier alpha value is -1.46. The molecule has 1 heterocycles. The SMILES string of the molecule is CCN(Cc1ccc(C(=O)OC)cn1)CC(C)(C)CN. The van der Waals surface area contributed by atoms with Gasteiger partial charge in [0, 0.05) is 19.3 Å². The second kappa shape index (κ2) is 7.36. The van der Waals surface area contributed by atoms with Gasteiger partial charge in [-0.1, -0.05) is 20.8 Å². The first kappa shape index (κ1) is 16.6. The summed E-state index contributed by atoms with van der Waals surface area (Å²) >= 11 is 0. The van der Waals surface area contributed by atoms with Crippen molar-refractivity contribution < 1.29 is 9.53 Å². The lowest BCUT2D eigenvalue weighted by molar-refractivity contribution is 0.0600. The molecule has 0 unspecified atom stereocenters.